The lowest BCUT2D eigenvalue weighted by Crippen LogP contribution is -2.33. The number of likely N-dealkylation sites (tertiary alicyclic amines) is 1. The Labute approximate surface area is 189 Å². The minimum absolute atomic E-state index is 0.345. The zero-order chi connectivity index (χ0) is 23.4. The van der Waals surface area contributed by atoms with E-state index in [4.69, 9.17) is 4.74 Å². The minimum Gasteiger partial charge on any atom is -0.497 e. The lowest BCUT2D eigenvalue weighted by atomic mass is 9.86. The first-order valence-electron chi connectivity index (χ1n) is 10.7. The first-order chi connectivity index (χ1) is 15.2. The number of methoxy groups -OCH3 is 1. The van der Waals surface area contributed by atoms with Gasteiger partial charge < -0.3 is 19.4 Å². The molecule has 0 saturated carbocycles. The summed E-state index contributed by atoms with van der Waals surface area (Å²) in [4.78, 5) is 45.0. The maximum atomic E-state index is 13.4. The van der Waals surface area contributed by atoms with Crippen molar-refractivity contribution in [1.82, 2.24) is 9.80 Å². The fourth-order valence-electron chi connectivity index (χ4n) is 4.06. The number of benzene rings is 2. The highest BCUT2D eigenvalue weighted by molar-refractivity contribution is 6.44. The van der Waals surface area contributed by atoms with Crippen LogP contribution in [0, 0.1) is 5.92 Å². The van der Waals surface area contributed by atoms with Gasteiger partial charge in [-0.2, -0.15) is 0 Å². The van der Waals surface area contributed by atoms with Gasteiger partial charge in [0.15, 0.2) is 5.78 Å². The third-order valence-electron chi connectivity index (χ3n) is 5.82. The zero-order valence-corrected chi connectivity index (χ0v) is 19.4. The van der Waals surface area contributed by atoms with Gasteiger partial charge in [0, 0.05) is 31.9 Å². The first kappa shape index (κ1) is 23.5. The molecule has 7 nitrogen and oxygen atoms in total. The largest absolute Gasteiger partial charge is 0.497 e. The average molecular weight is 438 g/mol. The van der Waals surface area contributed by atoms with Crippen molar-refractivity contribution in [3.63, 3.8) is 0 Å². The standard InChI is InChI=1S/C25H31N3O4/c1-26(2)15-6-16-28-22(17-7-11-19(12-8-17)27(3)4)21(24(30)25(28)31)23(29)18-9-13-20(32-5)14-10-18/h7-14,21-22H,6,15-16H2,1-5H3. The van der Waals surface area contributed by atoms with Crippen LogP contribution in [-0.2, 0) is 9.59 Å². The third-order valence-corrected chi connectivity index (χ3v) is 5.82. The van der Waals surface area contributed by atoms with Crippen molar-refractivity contribution in [3.05, 3.63) is 59.7 Å². The molecule has 0 spiro atoms. The van der Waals surface area contributed by atoms with E-state index in [1.165, 1.54) is 0 Å². The van der Waals surface area contributed by atoms with Gasteiger partial charge in [-0.15, -0.1) is 0 Å². The quantitative estimate of drug-likeness (QED) is 0.341. The Balaban J connectivity index is 1.98. The number of hydrogen-bond acceptors (Lipinski definition) is 6. The zero-order valence-electron chi connectivity index (χ0n) is 19.4. The molecule has 2 aromatic rings. The molecule has 2 atom stereocenters. The molecule has 1 heterocycles. The normalized spacial score (nSPS) is 18.4. The fourth-order valence-corrected chi connectivity index (χ4v) is 4.06. The topological polar surface area (TPSA) is 70.2 Å². The van der Waals surface area contributed by atoms with Crippen LogP contribution in [0.25, 0.3) is 0 Å². The Bertz CT molecular complexity index is 968. The van der Waals surface area contributed by atoms with Gasteiger partial charge in [0.1, 0.15) is 11.7 Å². The molecule has 1 saturated heterocycles. The second-order valence-electron chi connectivity index (χ2n) is 8.52. The number of hydrogen-bond donors (Lipinski definition) is 0. The summed E-state index contributed by atoms with van der Waals surface area (Å²) in [6.07, 6.45) is 0.710. The molecule has 32 heavy (non-hydrogen) atoms. The number of amides is 1. The van der Waals surface area contributed by atoms with Gasteiger partial charge >= 0.3 is 0 Å². The molecule has 1 aliphatic rings. The summed E-state index contributed by atoms with van der Waals surface area (Å²) in [7, 11) is 9.37. The summed E-state index contributed by atoms with van der Waals surface area (Å²) in [5.74, 6) is -2.02. The van der Waals surface area contributed by atoms with Crippen LogP contribution in [0.3, 0.4) is 0 Å². The van der Waals surface area contributed by atoms with Gasteiger partial charge in [0.05, 0.1) is 13.2 Å². The highest BCUT2D eigenvalue weighted by atomic mass is 16.5. The van der Waals surface area contributed by atoms with Gasteiger partial charge in [-0.1, -0.05) is 12.1 Å². The van der Waals surface area contributed by atoms with Crippen molar-refractivity contribution < 1.29 is 19.1 Å². The lowest BCUT2D eigenvalue weighted by molar-refractivity contribution is -0.140. The van der Waals surface area contributed by atoms with Crippen LogP contribution < -0.4 is 9.64 Å². The maximum absolute atomic E-state index is 13.4. The average Bonchev–Trinajstić information content (AvgIpc) is 3.03. The van der Waals surface area contributed by atoms with Crippen LogP contribution >= 0.6 is 0 Å². The number of rotatable bonds is 9. The number of nitrogens with zero attached hydrogens (tertiary/aromatic N) is 3. The van der Waals surface area contributed by atoms with Crippen LogP contribution in [-0.4, -0.2) is 75.7 Å². The van der Waals surface area contributed by atoms with Gasteiger partial charge in [-0.3, -0.25) is 14.4 Å². The highest BCUT2D eigenvalue weighted by Crippen LogP contribution is 2.39. The van der Waals surface area contributed by atoms with E-state index < -0.39 is 23.7 Å². The predicted molar refractivity (Wildman–Crippen MR) is 124 cm³/mol. The molecule has 0 aromatic heterocycles. The number of carbonyl (C=O) groups excluding carboxylic acids is 3. The van der Waals surface area contributed by atoms with Crippen molar-refractivity contribution in [1.29, 1.82) is 0 Å². The smallest absolute Gasteiger partial charge is 0.291 e. The molecule has 0 bridgehead atoms. The minimum atomic E-state index is -1.07. The van der Waals surface area contributed by atoms with Crippen LogP contribution in [0.1, 0.15) is 28.4 Å². The molecule has 0 N–H and O–H groups in total. The molecule has 2 unspecified atom stereocenters. The molecule has 170 valence electrons. The lowest BCUT2D eigenvalue weighted by Gasteiger charge is -2.28. The molecule has 2 aromatic carbocycles. The van der Waals surface area contributed by atoms with E-state index in [2.05, 4.69) is 0 Å². The summed E-state index contributed by atoms with van der Waals surface area (Å²) in [6.45, 7) is 1.19. The second kappa shape index (κ2) is 9.96. The maximum Gasteiger partial charge on any atom is 0.291 e. The van der Waals surface area contributed by atoms with Crippen molar-refractivity contribution in [2.24, 2.45) is 5.92 Å². The van der Waals surface area contributed by atoms with Crippen molar-refractivity contribution in [3.8, 4) is 5.75 Å². The van der Waals surface area contributed by atoms with Crippen molar-refractivity contribution in [2.45, 2.75) is 12.5 Å². The van der Waals surface area contributed by atoms with Gasteiger partial charge in [-0.05, 0) is 69.0 Å². The summed E-state index contributed by atoms with van der Waals surface area (Å²) in [6, 6.07) is 13.7. The van der Waals surface area contributed by atoms with Crippen LogP contribution in [0.5, 0.6) is 5.75 Å². The molecule has 3 rings (SSSR count). The molecule has 0 radical (unpaired) electrons. The molecular formula is C25H31N3O4. The molecule has 1 aliphatic heterocycles. The van der Waals surface area contributed by atoms with E-state index in [1.807, 2.05) is 62.3 Å². The Morgan fingerprint density at radius 3 is 2.12 bits per heavy atom. The van der Waals surface area contributed by atoms with Gasteiger partial charge in [0.25, 0.3) is 5.91 Å². The van der Waals surface area contributed by atoms with E-state index in [0.29, 0.717) is 24.3 Å². The Kier molecular flexibility index (Phi) is 7.30. The second-order valence-corrected chi connectivity index (χ2v) is 8.52. The van der Waals surface area contributed by atoms with Crippen molar-refractivity contribution >= 4 is 23.2 Å². The Morgan fingerprint density at radius 1 is 0.969 bits per heavy atom. The summed E-state index contributed by atoms with van der Waals surface area (Å²) >= 11 is 0. The molecule has 0 aliphatic carbocycles. The van der Waals surface area contributed by atoms with E-state index >= 15 is 0 Å². The Morgan fingerprint density at radius 2 is 1.59 bits per heavy atom. The van der Waals surface area contributed by atoms with Gasteiger partial charge in [-0.25, -0.2) is 0 Å². The number of ether oxygens (including phenoxy) is 1. The fraction of sp³-hybridized carbons (Fsp3) is 0.400. The molecule has 7 heteroatoms. The van der Waals surface area contributed by atoms with E-state index in [-0.39, 0.29) is 5.78 Å². The summed E-state index contributed by atoms with van der Waals surface area (Å²) in [5, 5.41) is 0. The van der Waals surface area contributed by atoms with Crippen LogP contribution in [0.2, 0.25) is 0 Å². The molecule has 1 amide bonds. The number of anilines is 1. The Hall–Kier alpha value is -3.19. The van der Waals surface area contributed by atoms with E-state index in [1.54, 1.807) is 36.3 Å². The van der Waals surface area contributed by atoms with Crippen LogP contribution in [0.15, 0.2) is 48.5 Å². The number of ketones is 2. The van der Waals surface area contributed by atoms with Crippen molar-refractivity contribution in [2.75, 3.05) is 53.3 Å². The SMILES string of the molecule is COc1ccc(C(=O)C2C(=O)C(=O)N(CCCN(C)C)C2c2ccc(N(C)C)cc2)cc1. The predicted octanol–water partition coefficient (Wildman–Crippen LogP) is 2.66. The first-order valence-corrected chi connectivity index (χ1v) is 10.7. The summed E-state index contributed by atoms with van der Waals surface area (Å²) in [5.41, 5.74) is 2.18. The summed E-state index contributed by atoms with van der Waals surface area (Å²) < 4.78 is 5.17. The van der Waals surface area contributed by atoms with Crippen LogP contribution in [0.4, 0.5) is 5.69 Å². The molecular weight excluding hydrogens is 406 g/mol. The van der Waals surface area contributed by atoms with E-state index in [9.17, 15) is 14.4 Å². The molecule has 1 fully saturated rings. The monoisotopic (exact) mass is 437 g/mol. The highest BCUT2D eigenvalue weighted by Gasteiger charge is 2.51. The van der Waals surface area contributed by atoms with E-state index in [0.717, 1.165) is 17.8 Å². The van der Waals surface area contributed by atoms with Gasteiger partial charge in [0.2, 0.25) is 5.78 Å². The number of Topliss-reactive ketones (excluding diaryl/α,β-unsaturated/α-hetero) is 2. The third kappa shape index (κ3) is 4.83. The number of carbonyl (C=O) groups is 3.